The van der Waals surface area contributed by atoms with E-state index in [0.717, 1.165) is 16.5 Å². The summed E-state index contributed by atoms with van der Waals surface area (Å²) in [6.45, 7) is 4.08. The number of aromatic nitrogens is 2. The van der Waals surface area contributed by atoms with Crippen molar-refractivity contribution in [2.45, 2.75) is 13.8 Å². The van der Waals surface area contributed by atoms with Gasteiger partial charge in [0.1, 0.15) is 12.1 Å². The van der Waals surface area contributed by atoms with Crippen molar-refractivity contribution in [3.05, 3.63) is 59.9 Å². The minimum atomic E-state index is -0.373. The van der Waals surface area contributed by atoms with Crippen molar-refractivity contribution in [2.75, 3.05) is 6.61 Å². The number of hydrogen-bond acceptors (Lipinski definition) is 5. The zero-order valence-electron chi connectivity index (χ0n) is 12.9. The fourth-order valence-electron chi connectivity index (χ4n) is 2.34. The van der Waals surface area contributed by atoms with Gasteiger partial charge in [-0.25, -0.2) is 14.8 Å². The smallest absolute Gasteiger partial charge is 0.338 e. The van der Waals surface area contributed by atoms with Crippen LogP contribution >= 0.6 is 0 Å². The summed E-state index contributed by atoms with van der Waals surface area (Å²) in [5.74, 6) is 0.620. The Balaban J connectivity index is 1.97. The molecule has 0 atom stereocenters. The maximum atomic E-state index is 11.8. The maximum absolute atomic E-state index is 11.8. The van der Waals surface area contributed by atoms with Crippen molar-refractivity contribution >= 4 is 16.9 Å². The van der Waals surface area contributed by atoms with Crippen LogP contribution in [0.5, 0.6) is 11.6 Å². The monoisotopic (exact) mass is 308 g/mol. The first-order chi connectivity index (χ1) is 11.2. The van der Waals surface area contributed by atoms with Crippen LogP contribution in [0.3, 0.4) is 0 Å². The highest BCUT2D eigenvalue weighted by atomic mass is 16.5. The van der Waals surface area contributed by atoms with Crippen LogP contribution in [0.25, 0.3) is 10.9 Å². The molecular weight excluding hydrogens is 292 g/mol. The fraction of sp³-hybridized carbons (Fsp3) is 0.167. The van der Waals surface area contributed by atoms with Gasteiger partial charge in [0.15, 0.2) is 0 Å². The first kappa shape index (κ1) is 15.0. The van der Waals surface area contributed by atoms with E-state index in [2.05, 4.69) is 9.97 Å². The number of carbonyl (C=O) groups excluding carboxylic acids is 1. The summed E-state index contributed by atoms with van der Waals surface area (Å²) < 4.78 is 10.9. The number of benzene rings is 2. The second-order valence-corrected chi connectivity index (χ2v) is 5.00. The molecule has 0 spiro atoms. The van der Waals surface area contributed by atoms with Gasteiger partial charge in [-0.15, -0.1) is 0 Å². The van der Waals surface area contributed by atoms with Crippen molar-refractivity contribution in [2.24, 2.45) is 0 Å². The molecule has 0 amide bonds. The summed E-state index contributed by atoms with van der Waals surface area (Å²) in [5.41, 5.74) is 2.29. The highest BCUT2D eigenvalue weighted by Crippen LogP contribution is 2.29. The van der Waals surface area contributed by atoms with E-state index in [1.165, 1.54) is 6.33 Å². The molecule has 0 saturated heterocycles. The van der Waals surface area contributed by atoms with Crippen LogP contribution in [0, 0.1) is 6.92 Å². The number of fused-ring (bicyclic) bond motifs is 1. The predicted molar refractivity (Wildman–Crippen MR) is 86.7 cm³/mol. The molecule has 0 aliphatic heterocycles. The molecule has 2 aromatic carbocycles. The molecule has 5 nitrogen and oxygen atoms in total. The van der Waals surface area contributed by atoms with Crippen LogP contribution in [0.1, 0.15) is 22.8 Å². The van der Waals surface area contributed by atoms with Gasteiger partial charge in [0.2, 0.25) is 5.88 Å². The highest BCUT2D eigenvalue weighted by Gasteiger charge is 2.11. The second-order valence-electron chi connectivity index (χ2n) is 5.00. The first-order valence-corrected chi connectivity index (χ1v) is 7.34. The van der Waals surface area contributed by atoms with Crippen LogP contribution in [0.2, 0.25) is 0 Å². The molecule has 0 unspecified atom stereocenters. The predicted octanol–water partition coefficient (Wildman–Crippen LogP) is 3.91. The zero-order valence-corrected chi connectivity index (χ0v) is 12.9. The van der Waals surface area contributed by atoms with Crippen molar-refractivity contribution in [3.63, 3.8) is 0 Å². The quantitative estimate of drug-likeness (QED) is 0.684. The number of ether oxygens (including phenoxy) is 2. The molecule has 5 heteroatoms. The summed E-state index contributed by atoms with van der Waals surface area (Å²) in [5, 5.41) is 0.858. The number of carbonyl (C=O) groups is 1. The maximum Gasteiger partial charge on any atom is 0.338 e. The molecule has 0 aliphatic rings. The Hall–Kier alpha value is -2.95. The van der Waals surface area contributed by atoms with E-state index in [-0.39, 0.29) is 5.97 Å². The minimum Gasteiger partial charge on any atom is -0.462 e. The number of rotatable bonds is 4. The van der Waals surface area contributed by atoms with Gasteiger partial charge < -0.3 is 9.47 Å². The second kappa shape index (κ2) is 6.44. The molecule has 0 saturated carbocycles. The van der Waals surface area contributed by atoms with Crippen molar-refractivity contribution in [1.82, 2.24) is 9.97 Å². The van der Waals surface area contributed by atoms with Crippen LogP contribution in [0.4, 0.5) is 0 Å². The minimum absolute atomic E-state index is 0.333. The SMILES string of the molecule is CCOC(=O)c1cccc(Oc2ncnc3cccc(C)c23)c1. The van der Waals surface area contributed by atoms with E-state index in [4.69, 9.17) is 9.47 Å². The molecule has 3 aromatic rings. The Morgan fingerprint density at radius 2 is 1.96 bits per heavy atom. The van der Waals surface area contributed by atoms with E-state index in [1.807, 2.05) is 25.1 Å². The van der Waals surface area contributed by atoms with Gasteiger partial charge in [-0.2, -0.15) is 0 Å². The van der Waals surface area contributed by atoms with E-state index in [9.17, 15) is 4.79 Å². The third kappa shape index (κ3) is 3.13. The molecule has 116 valence electrons. The van der Waals surface area contributed by atoms with E-state index < -0.39 is 0 Å². The van der Waals surface area contributed by atoms with Gasteiger partial charge in [-0.05, 0) is 43.7 Å². The van der Waals surface area contributed by atoms with E-state index >= 15 is 0 Å². The lowest BCUT2D eigenvalue weighted by Gasteiger charge is -2.10. The molecule has 0 radical (unpaired) electrons. The molecular formula is C18H16N2O3. The Bertz CT molecular complexity index is 857. The van der Waals surface area contributed by atoms with Gasteiger partial charge in [0, 0.05) is 0 Å². The highest BCUT2D eigenvalue weighted by molar-refractivity contribution is 5.90. The van der Waals surface area contributed by atoms with Crippen molar-refractivity contribution < 1.29 is 14.3 Å². The average molecular weight is 308 g/mol. The lowest BCUT2D eigenvalue weighted by atomic mass is 10.1. The Morgan fingerprint density at radius 3 is 2.78 bits per heavy atom. The Labute approximate surface area is 133 Å². The molecule has 0 aliphatic carbocycles. The molecule has 0 fully saturated rings. The van der Waals surface area contributed by atoms with Gasteiger partial charge in [0.25, 0.3) is 0 Å². The summed E-state index contributed by atoms with van der Waals surface area (Å²) in [4.78, 5) is 20.3. The van der Waals surface area contributed by atoms with Crippen LogP contribution in [0.15, 0.2) is 48.8 Å². The van der Waals surface area contributed by atoms with Crippen LogP contribution < -0.4 is 4.74 Å². The van der Waals surface area contributed by atoms with Crippen LogP contribution in [-0.4, -0.2) is 22.5 Å². The number of aryl methyl sites for hydroxylation is 1. The molecule has 0 bridgehead atoms. The van der Waals surface area contributed by atoms with E-state index in [1.54, 1.807) is 31.2 Å². The average Bonchev–Trinajstić information content (AvgIpc) is 2.56. The van der Waals surface area contributed by atoms with Crippen molar-refractivity contribution in [1.29, 1.82) is 0 Å². The normalized spacial score (nSPS) is 10.5. The largest absolute Gasteiger partial charge is 0.462 e. The van der Waals surface area contributed by atoms with E-state index in [0.29, 0.717) is 23.8 Å². The van der Waals surface area contributed by atoms with Crippen LogP contribution in [-0.2, 0) is 4.74 Å². The summed E-state index contributed by atoms with van der Waals surface area (Å²) in [6, 6.07) is 12.7. The Kier molecular flexibility index (Phi) is 4.19. The zero-order chi connectivity index (χ0) is 16.2. The molecule has 1 heterocycles. The summed E-state index contributed by atoms with van der Waals surface area (Å²) >= 11 is 0. The number of hydrogen-bond donors (Lipinski definition) is 0. The molecule has 23 heavy (non-hydrogen) atoms. The number of nitrogens with zero attached hydrogens (tertiary/aromatic N) is 2. The molecule has 3 rings (SSSR count). The summed E-state index contributed by atoms with van der Waals surface area (Å²) in [7, 11) is 0. The number of esters is 1. The van der Waals surface area contributed by atoms with Gasteiger partial charge in [-0.1, -0.05) is 18.2 Å². The first-order valence-electron chi connectivity index (χ1n) is 7.34. The van der Waals surface area contributed by atoms with Gasteiger partial charge in [0.05, 0.1) is 23.1 Å². The van der Waals surface area contributed by atoms with Gasteiger partial charge >= 0.3 is 5.97 Å². The lowest BCUT2D eigenvalue weighted by Crippen LogP contribution is -2.04. The molecule has 0 N–H and O–H groups in total. The lowest BCUT2D eigenvalue weighted by molar-refractivity contribution is 0.0526. The third-order valence-corrected chi connectivity index (χ3v) is 3.40. The standard InChI is InChI=1S/C18H16N2O3/c1-3-22-18(21)13-7-5-8-14(10-13)23-17-16-12(2)6-4-9-15(16)19-11-20-17/h4-11H,3H2,1-2H3. The summed E-state index contributed by atoms with van der Waals surface area (Å²) in [6.07, 6.45) is 1.46. The molecule has 1 aromatic heterocycles. The third-order valence-electron chi connectivity index (χ3n) is 3.40. The fourth-order valence-corrected chi connectivity index (χ4v) is 2.34. The topological polar surface area (TPSA) is 61.3 Å². The Morgan fingerprint density at radius 1 is 1.13 bits per heavy atom. The van der Waals surface area contributed by atoms with Gasteiger partial charge in [-0.3, -0.25) is 0 Å². The van der Waals surface area contributed by atoms with Crippen molar-refractivity contribution in [3.8, 4) is 11.6 Å².